The number of hydrogen-bond acceptors (Lipinski definition) is 5. The van der Waals surface area contributed by atoms with Crippen LogP contribution in [0.4, 0.5) is 0 Å². The molecule has 1 aliphatic rings. The summed E-state index contributed by atoms with van der Waals surface area (Å²) in [4.78, 5) is 11.2. The number of aromatic amines is 1. The second-order valence-corrected chi connectivity index (χ2v) is 3.68. The molecule has 1 aromatic heterocycles. The first-order valence-corrected chi connectivity index (χ1v) is 5.18. The Morgan fingerprint density at radius 3 is 2.94 bits per heavy atom. The van der Waals surface area contributed by atoms with Crippen LogP contribution in [0.5, 0.6) is 11.5 Å². The molecule has 0 atom stereocenters. The molecule has 0 amide bonds. The van der Waals surface area contributed by atoms with Crippen LogP contribution in [0, 0.1) is 11.3 Å². The highest BCUT2D eigenvalue weighted by molar-refractivity contribution is 5.64. The fraction of sp³-hybridized carbons (Fsp3) is 0.0833. The molecule has 88 valence electrons. The van der Waals surface area contributed by atoms with Gasteiger partial charge in [0, 0.05) is 5.56 Å². The zero-order valence-electron chi connectivity index (χ0n) is 9.14. The minimum Gasteiger partial charge on any atom is -0.454 e. The van der Waals surface area contributed by atoms with Crippen LogP contribution in [-0.2, 0) is 0 Å². The summed E-state index contributed by atoms with van der Waals surface area (Å²) in [6.07, 6.45) is 0. The van der Waals surface area contributed by atoms with Crippen molar-refractivity contribution in [3.8, 4) is 28.8 Å². The lowest BCUT2D eigenvalue weighted by molar-refractivity contribution is 0.174. The molecule has 0 aliphatic carbocycles. The molecule has 0 saturated heterocycles. The van der Waals surface area contributed by atoms with Crippen LogP contribution in [0.3, 0.4) is 0 Å². The molecule has 1 aliphatic heterocycles. The van der Waals surface area contributed by atoms with Crippen molar-refractivity contribution in [2.45, 2.75) is 0 Å². The number of nitriles is 1. The van der Waals surface area contributed by atoms with Gasteiger partial charge in [-0.1, -0.05) is 0 Å². The smallest absolute Gasteiger partial charge is 0.282 e. The highest BCUT2D eigenvalue weighted by Crippen LogP contribution is 2.35. The predicted molar refractivity (Wildman–Crippen MR) is 61.1 cm³/mol. The highest BCUT2D eigenvalue weighted by Gasteiger charge is 2.14. The van der Waals surface area contributed by atoms with Gasteiger partial charge in [0.15, 0.2) is 11.5 Å². The second-order valence-electron chi connectivity index (χ2n) is 3.68. The SMILES string of the molecule is N#Cc1cc(-c2ccc3c(c2)OCO3)n[nH]c1=O. The van der Waals surface area contributed by atoms with Gasteiger partial charge in [-0.05, 0) is 24.3 Å². The Morgan fingerprint density at radius 1 is 1.28 bits per heavy atom. The van der Waals surface area contributed by atoms with E-state index in [1.54, 1.807) is 18.2 Å². The van der Waals surface area contributed by atoms with E-state index in [0.29, 0.717) is 17.2 Å². The summed E-state index contributed by atoms with van der Waals surface area (Å²) in [5.41, 5.74) is 0.774. The minimum absolute atomic E-state index is 0.0256. The van der Waals surface area contributed by atoms with Gasteiger partial charge in [0.05, 0.1) is 5.69 Å². The van der Waals surface area contributed by atoms with Gasteiger partial charge >= 0.3 is 0 Å². The van der Waals surface area contributed by atoms with Crippen LogP contribution in [0.25, 0.3) is 11.3 Å². The molecule has 6 heteroatoms. The van der Waals surface area contributed by atoms with Gasteiger partial charge in [0.25, 0.3) is 5.56 Å². The van der Waals surface area contributed by atoms with Gasteiger partial charge in [-0.15, -0.1) is 0 Å². The third-order valence-corrected chi connectivity index (χ3v) is 2.59. The number of H-pyrrole nitrogens is 1. The maximum Gasteiger partial charge on any atom is 0.282 e. The molecule has 2 heterocycles. The molecule has 1 aromatic carbocycles. The molecule has 0 saturated carbocycles. The zero-order valence-corrected chi connectivity index (χ0v) is 9.14. The van der Waals surface area contributed by atoms with E-state index in [9.17, 15) is 4.79 Å². The molecule has 1 N–H and O–H groups in total. The van der Waals surface area contributed by atoms with Crippen LogP contribution in [0.15, 0.2) is 29.1 Å². The second kappa shape index (κ2) is 3.89. The lowest BCUT2D eigenvalue weighted by Crippen LogP contribution is -2.11. The first-order chi connectivity index (χ1) is 8.78. The molecule has 0 spiro atoms. The molecule has 0 bridgehead atoms. The Morgan fingerprint density at radius 2 is 2.11 bits per heavy atom. The van der Waals surface area contributed by atoms with Gasteiger partial charge in [0.1, 0.15) is 11.6 Å². The number of aromatic nitrogens is 2. The molecular weight excluding hydrogens is 234 g/mol. The van der Waals surface area contributed by atoms with E-state index in [4.69, 9.17) is 14.7 Å². The van der Waals surface area contributed by atoms with E-state index in [0.717, 1.165) is 5.56 Å². The Hall–Kier alpha value is -2.81. The number of nitrogens with zero attached hydrogens (tertiary/aromatic N) is 2. The number of ether oxygens (including phenoxy) is 2. The van der Waals surface area contributed by atoms with Gasteiger partial charge < -0.3 is 9.47 Å². The number of nitrogens with one attached hydrogen (secondary N) is 1. The van der Waals surface area contributed by atoms with Crippen LogP contribution in [-0.4, -0.2) is 17.0 Å². The minimum atomic E-state index is -0.498. The molecule has 6 nitrogen and oxygen atoms in total. The standard InChI is InChI=1S/C12H7N3O3/c13-5-8-3-9(14-15-12(8)16)7-1-2-10-11(4-7)18-6-17-10/h1-4H,6H2,(H,15,16). The topological polar surface area (TPSA) is 88.0 Å². The summed E-state index contributed by atoms with van der Waals surface area (Å²) in [6.45, 7) is 0.196. The first-order valence-electron chi connectivity index (χ1n) is 5.18. The molecule has 18 heavy (non-hydrogen) atoms. The Labute approximate surface area is 101 Å². The number of hydrogen-bond donors (Lipinski definition) is 1. The average Bonchev–Trinajstić information content (AvgIpc) is 2.86. The number of benzene rings is 1. The largest absolute Gasteiger partial charge is 0.454 e. The monoisotopic (exact) mass is 241 g/mol. The summed E-state index contributed by atoms with van der Waals surface area (Å²) in [5.74, 6) is 1.29. The van der Waals surface area contributed by atoms with Crippen molar-refractivity contribution in [2.24, 2.45) is 0 Å². The van der Waals surface area contributed by atoms with Crippen LogP contribution in [0.2, 0.25) is 0 Å². The molecule has 0 fully saturated rings. The predicted octanol–water partition coefficient (Wildman–Crippen LogP) is 1.04. The van der Waals surface area contributed by atoms with Crippen molar-refractivity contribution in [1.82, 2.24) is 10.2 Å². The summed E-state index contributed by atoms with van der Waals surface area (Å²) in [5, 5.41) is 15.0. The number of rotatable bonds is 1. The third-order valence-electron chi connectivity index (χ3n) is 2.59. The highest BCUT2D eigenvalue weighted by atomic mass is 16.7. The molecular formula is C12H7N3O3. The Kier molecular flexibility index (Phi) is 2.24. The normalized spacial score (nSPS) is 12.2. The van der Waals surface area contributed by atoms with Gasteiger partial charge in [-0.25, -0.2) is 5.10 Å². The molecule has 3 rings (SSSR count). The molecule has 2 aromatic rings. The Balaban J connectivity index is 2.10. The van der Waals surface area contributed by atoms with E-state index < -0.39 is 5.56 Å². The van der Waals surface area contributed by atoms with Crippen molar-refractivity contribution >= 4 is 0 Å². The average molecular weight is 241 g/mol. The van der Waals surface area contributed by atoms with E-state index in [1.807, 2.05) is 6.07 Å². The number of fused-ring (bicyclic) bond motifs is 1. The van der Waals surface area contributed by atoms with Crippen molar-refractivity contribution in [3.05, 3.63) is 40.2 Å². The van der Waals surface area contributed by atoms with Crippen molar-refractivity contribution < 1.29 is 9.47 Å². The van der Waals surface area contributed by atoms with E-state index in [2.05, 4.69) is 10.2 Å². The van der Waals surface area contributed by atoms with Crippen LogP contribution >= 0.6 is 0 Å². The van der Waals surface area contributed by atoms with Gasteiger partial charge in [0.2, 0.25) is 6.79 Å². The fourth-order valence-corrected chi connectivity index (χ4v) is 1.69. The van der Waals surface area contributed by atoms with E-state index in [-0.39, 0.29) is 12.4 Å². The zero-order chi connectivity index (χ0) is 12.5. The summed E-state index contributed by atoms with van der Waals surface area (Å²) in [7, 11) is 0. The van der Waals surface area contributed by atoms with Crippen LogP contribution in [0.1, 0.15) is 5.56 Å². The van der Waals surface area contributed by atoms with Crippen LogP contribution < -0.4 is 15.0 Å². The third kappa shape index (κ3) is 1.58. The van der Waals surface area contributed by atoms with E-state index >= 15 is 0 Å². The summed E-state index contributed by atoms with van der Waals surface area (Å²) >= 11 is 0. The summed E-state index contributed by atoms with van der Waals surface area (Å²) in [6, 6.07) is 8.56. The Bertz CT molecular complexity index is 715. The fourth-order valence-electron chi connectivity index (χ4n) is 1.69. The lowest BCUT2D eigenvalue weighted by atomic mass is 10.1. The molecule has 0 radical (unpaired) electrons. The quantitative estimate of drug-likeness (QED) is 0.805. The molecule has 0 unspecified atom stereocenters. The van der Waals surface area contributed by atoms with Crippen molar-refractivity contribution in [3.63, 3.8) is 0 Å². The van der Waals surface area contributed by atoms with E-state index in [1.165, 1.54) is 6.07 Å². The van der Waals surface area contributed by atoms with Crippen molar-refractivity contribution in [2.75, 3.05) is 6.79 Å². The van der Waals surface area contributed by atoms with Gasteiger partial charge in [-0.2, -0.15) is 10.4 Å². The maximum absolute atomic E-state index is 11.2. The lowest BCUT2D eigenvalue weighted by Gasteiger charge is -2.02. The first kappa shape index (κ1) is 10.4. The maximum atomic E-state index is 11.2. The van der Waals surface area contributed by atoms with Gasteiger partial charge in [-0.3, -0.25) is 4.79 Å². The summed E-state index contributed by atoms with van der Waals surface area (Å²) < 4.78 is 10.5. The van der Waals surface area contributed by atoms with Crippen molar-refractivity contribution in [1.29, 1.82) is 5.26 Å².